The van der Waals surface area contributed by atoms with Gasteiger partial charge in [-0.3, -0.25) is 4.79 Å². The Labute approximate surface area is 164 Å². The molecule has 0 radical (unpaired) electrons. The molecular weight excluding hydrogens is 393 g/mol. The molecular formula is C20H18ClF3N2O2. The van der Waals surface area contributed by atoms with Crippen LogP contribution in [-0.4, -0.2) is 35.1 Å². The molecule has 0 aliphatic heterocycles. The van der Waals surface area contributed by atoms with Crippen LogP contribution in [0, 0.1) is 5.82 Å². The molecule has 4 nitrogen and oxygen atoms in total. The third kappa shape index (κ3) is 4.31. The zero-order chi connectivity index (χ0) is 20.3. The number of aliphatic hydroxyl groups excluding tert-OH is 1. The molecule has 8 heteroatoms. The van der Waals surface area contributed by atoms with Crippen molar-refractivity contribution in [2.75, 3.05) is 6.61 Å². The van der Waals surface area contributed by atoms with E-state index in [0.717, 1.165) is 10.9 Å². The van der Waals surface area contributed by atoms with Gasteiger partial charge < -0.3 is 15.4 Å². The van der Waals surface area contributed by atoms with E-state index in [0.29, 0.717) is 21.8 Å². The van der Waals surface area contributed by atoms with Crippen molar-refractivity contribution >= 4 is 28.4 Å². The number of hydrogen-bond donors (Lipinski definition) is 3. The summed E-state index contributed by atoms with van der Waals surface area (Å²) >= 11 is 6.26. The molecule has 2 aromatic carbocycles. The number of amides is 1. The van der Waals surface area contributed by atoms with Crippen LogP contribution in [0.1, 0.15) is 12.0 Å². The van der Waals surface area contributed by atoms with Crippen molar-refractivity contribution in [1.82, 2.24) is 10.3 Å². The highest BCUT2D eigenvalue weighted by atomic mass is 35.5. The van der Waals surface area contributed by atoms with Crippen molar-refractivity contribution in [3.05, 3.63) is 58.9 Å². The summed E-state index contributed by atoms with van der Waals surface area (Å²) in [5.41, 5.74) is 2.85. The lowest BCUT2D eigenvalue weighted by atomic mass is 10.0. The number of aromatic nitrogens is 1. The van der Waals surface area contributed by atoms with Crippen LogP contribution in [0.2, 0.25) is 5.02 Å². The van der Waals surface area contributed by atoms with Crippen LogP contribution in [0.15, 0.2) is 42.5 Å². The van der Waals surface area contributed by atoms with E-state index in [1.807, 2.05) is 6.07 Å². The van der Waals surface area contributed by atoms with Crippen molar-refractivity contribution in [2.45, 2.75) is 25.3 Å². The molecule has 0 aliphatic rings. The highest BCUT2D eigenvalue weighted by Crippen LogP contribution is 2.34. The van der Waals surface area contributed by atoms with E-state index in [2.05, 4.69) is 10.3 Å². The Kier molecular flexibility index (Phi) is 6.26. The number of H-pyrrole nitrogens is 1. The van der Waals surface area contributed by atoms with Crippen molar-refractivity contribution in [2.24, 2.45) is 0 Å². The summed E-state index contributed by atoms with van der Waals surface area (Å²) in [5, 5.41) is 12.4. The van der Waals surface area contributed by atoms with E-state index in [-0.39, 0.29) is 18.7 Å². The summed E-state index contributed by atoms with van der Waals surface area (Å²) in [4.78, 5) is 15.3. The number of halogens is 4. The molecule has 0 saturated heterocycles. The Morgan fingerprint density at radius 3 is 2.54 bits per heavy atom. The van der Waals surface area contributed by atoms with Crippen LogP contribution in [-0.2, 0) is 11.2 Å². The maximum Gasteiger partial charge on any atom is 0.260 e. The van der Waals surface area contributed by atoms with Gasteiger partial charge in [-0.25, -0.2) is 13.2 Å². The lowest BCUT2D eigenvalue weighted by Gasteiger charge is -2.15. The second-order valence-electron chi connectivity index (χ2n) is 6.34. The van der Waals surface area contributed by atoms with Gasteiger partial charge in [-0.15, -0.1) is 0 Å². The van der Waals surface area contributed by atoms with Gasteiger partial charge in [0.05, 0.1) is 17.1 Å². The van der Waals surface area contributed by atoms with E-state index in [1.165, 1.54) is 12.1 Å². The number of nitrogens with one attached hydrogen (secondary N) is 2. The zero-order valence-corrected chi connectivity index (χ0v) is 15.4. The summed E-state index contributed by atoms with van der Waals surface area (Å²) in [7, 11) is 0. The normalized spacial score (nSPS) is 12.5. The molecule has 0 spiro atoms. The summed E-state index contributed by atoms with van der Waals surface area (Å²) < 4.78 is 38.7. The molecule has 3 rings (SSSR count). The second-order valence-corrected chi connectivity index (χ2v) is 6.75. The van der Waals surface area contributed by atoms with Crippen LogP contribution in [0.25, 0.3) is 22.2 Å². The van der Waals surface area contributed by atoms with Crippen LogP contribution >= 0.6 is 11.6 Å². The zero-order valence-electron chi connectivity index (χ0n) is 14.7. The number of aliphatic hydroxyl groups is 1. The van der Waals surface area contributed by atoms with E-state index in [9.17, 15) is 18.0 Å². The maximum atomic E-state index is 13.3. The average Bonchev–Trinajstić information content (AvgIpc) is 3.04. The number of rotatable bonds is 7. The number of para-hydroxylation sites is 1. The van der Waals surface area contributed by atoms with Gasteiger partial charge in [-0.1, -0.05) is 23.7 Å². The quantitative estimate of drug-likeness (QED) is 0.543. The predicted octanol–water partition coefficient (Wildman–Crippen LogP) is 4.30. The average molecular weight is 411 g/mol. The molecule has 0 fully saturated rings. The molecule has 0 aliphatic carbocycles. The fraction of sp³-hybridized carbons (Fsp3) is 0.250. The van der Waals surface area contributed by atoms with Gasteiger partial charge in [0.2, 0.25) is 5.91 Å². The number of fused-ring (bicyclic) bond motifs is 1. The van der Waals surface area contributed by atoms with Crippen molar-refractivity contribution in [3.8, 4) is 11.3 Å². The Hall–Kier alpha value is -2.51. The molecule has 1 aromatic heterocycles. The fourth-order valence-corrected chi connectivity index (χ4v) is 3.29. The molecule has 3 N–H and O–H groups in total. The topological polar surface area (TPSA) is 65.1 Å². The highest BCUT2D eigenvalue weighted by molar-refractivity contribution is 6.35. The smallest absolute Gasteiger partial charge is 0.260 e. The molecule has 3 aromatic rings. The second kappa shape index (κ2) is 8.67. The Morgan fingerprint density at radius 2 is 1.89 bits per heavy atom. The lowest BCUT2D eigenvalue weighted by Crippen LogP contribution is -2.42. The maximum absolute atomic E-state index is 13.3. The summed E-state index contributed by atoms with van der Waals surface area (Å²) in [6, 6.07) is 9.61. The van der Waals surface area contributed by atoms with Crippen molar-refractivity contribution in [1.29, 1.82) is 0 Å². The number of aryl methyl sites for hydroxylation is 1. The summed E-state index contributed by atoms with van der Waals surface area (Å²) in [6.45, 7) is -0.840. The minimum absolute atomic E-state index is 0.0586. The fourth-order valence-electron chi connectivity index (χ4n) is 3.07. The molecule has 0 bridgehead atoms. The van der Waals surface area contributed by atoms with E-state index in [1.54, 1.807) is 24.3 Å². The molecule has 1 heterocycles. The van der Waals surface area contributed by atoms with Gasteiger partial charge in [-0.05, 0) is 47.9 Å². The number of carbonyl (C=O) groups excluding carboxylic acids is 1. The SMILES string of the molecule is O=C(CCc1c(-c2ccc(F)cc2)[nH]c2c(Cl)cccc12)NC(CO)C(F)F. The molecule has 1 atom stereocenters. The molecule has 1 unspecified atom stereocenters. The number of aromatic amines is 1. The predicted molar refractivity (Wildman–Crippen MR) is 102 cm³/mol. The van der Waals surface area contributed by atoms with Gasteiger partial charge in [0.1, 0.15) is 11.9 Å². The van der Waals surface area contributed by atoms with Gasteiger partial charge in [0, 0.05) is 17.5 Å². The first-order chi connectivity index (χ1) is 13.4. The Bertz CT molecular complexity index is 973. The summed E-state index contributed by atoms with van der Waals surface area (Å²) in [6.07, 6.45) is -2.66. The van der Waals surface area contributed by atoms with Crippen molar-refractivity contribution < 1.29 is 23.1 Å². The molecule has 1 amide bonds. The standard InChI is InChI=1S/C20H18ClF3N2O2/c21-15-3-1-2-13-14(8-9-17(28)25-16(10-27)20(23)24)18(26-19(13)15)11-4-6-12(22)7-5-11/h1-7,16,20,26-27H,8-10H2,(H,25,28). The van der Waals surface area contributed by atoms with Crippen molar-refractivity contribution in [3.63, 3.8) is 0 Å². The lowest BCUT2D eigenvalue weighted by molar-refractivity contribution is -0.123. The van der Waals surface area contributed by atoms with E-state index < -0.39 is 25.0 Å². The van der Waals surface area contributed by atoms with Gasteiger partial charge >= 0.3 is 0 Å². The monoisotopic (exact) mass is 410 g/mol. The van der Waals surface area contributed by atoms with Crippen LogP contribution in [0.4, 0.5) is 13.2 Å². The number of carbonyl (C=O) groups is 1. The molecule has 28 heavy (non-hydrogen) atoms. The van der Waals surface area contributed by atoms with E-state index in [4.69, 9.17) is 16.7 Å². The Morgan fingerprint density at radius 1 is 1.18 bits per heavy atom. The largest absolute Gasteiger partial charge is 0.394 e. The molecule has 148 valence electrons. The Balaban J connectivity index is 1.91. The van der Waals surface area contributed by atoms with Gasteiger partial charge in [0.25, 0.3) is 6.43 Å². The highest BCUT2D eigenvalue weighted by Gasteiger charge is 2.22. The van der Waals surface area contributed by atoms with E-state index >= 15 is 0 Å². The first-order valence-corrected chi connectivity index (χ1v) is 9.02. The number of alkyl halides is 2. The number of hydrogen-bond acceptors (Lipinski definition) is 2. The van der Waals surface area contributed by atoms with Gasteiger partial charge in [0.15, 0.2) is 0 Å². The summed E-state index contributed by atoms with van der Waals surface area (Å²) in [5.74, 6) is -0.971. The van der Waals surface area contributed by atoms with Crippen LogP contribution < -0.4 is 5.32 Å². The number of benzene rings is 2. The minimum Gasteiger partial charge on any atom is -0.394 e. The first-order valence-electron chi connectivity index (χ1n) is 8.64. The van der Waals surface area contributed by atoms with Gasteiger partial charge in [-0.2, -0.15) is 0 Å². The third-order valence-corrected chi connectivity index (χ3v) is 4.79. The first kappa shape index (κ1) is 20.2. The minimum atomic E-state index is -2.85. The van der Waals surface area contributed by atoms with Crippen LogP contribution in [0.5, 0.6) is 0 Å². The molecule has 0 saturated carbocycles. The van der Waals surface area contributed by atoms with Crippen LogP contribution in [0.3, 0.4) is 0 Å². The third-order valence-electron chi connectivity index (χ3n) is 4.47.